The first kappa shape index (κ1) is 23.9. The highest BCUT2D eigenvalue weighted by Crippen LogP contribution is 2.21. The van der Waals surface area contributed by atoms with Crippen molar-refractivity contribution >= 4 is 35.2 Å². The maximum atomic E-state index is 13.4. The molecule has 0 unspecified atom stereocenters. The van der Waals surface area contributed by atoms with E-state index in [-0.39, 0.29) is 11.8 Å². The van der Waals surface area contributed by atoms with Crippen molar-refractivity contribution in [2.75, 3.05) is 12.8 Å². The van der Waals surface area contributed by atoms with Gasteiger partial charge in [0, 0.05) is 42.1 Å². The van der Waals surface area contributed by atoms with Gasteiger partial charge in [-0.2, -0.15) is 0 Å². The van der Waals surface area contributed by atoms with E-state index in [9.17, 15) is 9.59 Å². The third-order valence-corrected chi connectivity index (χ3v) is 6.38. The molecule has 0 aliphatic heterocycles. The number of benzene rings is 3. The van der Waals surface area contributed by atoms with Gasteiger partial charge < -0.3 is 10.2 Å². The summed E-state index contributed by atoms with van der Waals surface area (Å²) in [7, 11) is 1.61. The number of carbonyl (C=O) groups excluding carboxylic acids is 2. The summed E-state index contributed by atoms with van der Waals surface area (Å²) in [4.78, 5) is 29.1. The second kappa shape index (κ2) is 12.3. The molecule has 0 heterocycles. The Hall–Kier alpha value is -2.76. The summed E-state index contributed by atoms with van der Waals surface area (Å²) in [6, 6.07) is 26.6. The Morgan fingerprint density at radius 1 is 0.906 bits per heavy atom. The molecule has 0 aliphatic rings. The number of carbonyl (C=O) groups is 2. The van der Waals surface area contributed by atoms with Crippen LogP contribution in [-0.4, -0.2) is 35.6 Å². The van der Waals surface area contributed by atoms with E-state index in [1.165, 1.54) is 0 Å². The molecule has 3 aromatic carbocycles. The molecule has 3 rings (SSSR count). The molecule has 166 valence electrons. The van der Waals surface area contributed by atoms with E-state index in [4.69, 9.17) is 11.6 Å². The van der Waals surface area contributed by atoms with Gasteiger partial charge in [0.2, 0.25) is 11.8 Å². The molecule has 1 atom stereocenters. The number of likely N-dealkylation sites (N-methyl/N-ethyl adjacent to an activating group) is 1. The number of rotatable bonds is 10. The molecular formula is C26H27ClN2O2S. The number of halogens is 1. The van der Waals surface area contributed by atoms with E-state index < -0.39 is 6.04 Å². The molecule has 0 saturated carbocycles. The molecular weight excluding hydrogens is 440 g/mol. The van der Waals surface area contributed by atoms with E-state index in [0.29, 0.717) is 30.2 Å². The smallest absolute Gasteiger partial charge is 0.242 e. The van der Waals surface area contributed by atoms with Crippen molar-refractivity contribution in [1.82, 2.24) is 10.2 Å². The van der Waals surface area contributed by atoms with E-state index in [0.717, 1.165) is 16.0 Å². The molecule has 4 nitrogen and oxygen atoms in total. The third kappa shape index (κ3) is 7.14. The van der Waals surface area contributed by atoms with Crippen LogP contribution in [0.15, 0.2) is 89.8 Å². The van der Waals surface area contributed by atoms with Crippen LogP contribution >= 0.6 is 23.4 Å². The molecule has 6 heteroatoms. The third-order valence-electron chi connectivity index (χ3n) is 5.11. The molecule has 0 spiro atoms. The van der Waals surface area contributed by atoms with Gasteiger partial charge in [0.1, 0.15) is 6.04 Å². The zero-order chi connectivity index (χ0) is 22.8. The number of thioether (sulfide) groups is 1. The van der Waals surface area contributed by atoms with Crippen LogP contribution in [0.3, 0.4) is 0 Å². The molecule has 3 aromatic rings. The Kier molecular flexibility index (Phi) is 9.20. The van der Waals surface area contributed by atoms with Crippen LogP contribution < -0.4 is 5.32 Å². The van der Waals surface area contributed by atoms with Crippen LogP contribution in [0.5, 0.6) is 0 Å². The van der Waals surface area contributed by atoms with Crippen LogP contribution in [0.25, 0.3) is 0 Å². The van der Waals surface area contributed by atoms with Crippen molar-refractivity contribution in [2.45, 2.75) is 30.3 Å². The number of hydrogen-bond donors (Lipinski definition) is 1. The van der Waals surface area contributed by atoms with Crippen molar-refractivity contribution in [3.05, 3.63) is 101 Å². The minimum absolute atomic E-state index is 0.0482. The van der Waals surface area contributed by atoms with E-state index in [2.05, 4.69) is 5.32 Å². The summed E-state index contributed by atoms with van der Waals surface area (Å²) in [5.41, 5.74) is 1.94. The molecule has 0 radical (unpaired) electrons. The highest BCUT2D eigenvalue weighted by atomic mass is 35.5. The molecule has 1 N–H and O–H groups in total. The van der Waals surface area contributed by atoms with Crippen molar-refractivity contribution in [2.24, 2.45) is 0 Å². The lowest BCUT2D eigenvalue weighted by Crippen LogP contribution is -2.49. The zero-order valence-electron chi connectivity index (χ0n) is 18.0. The predicted molar refractivity (Wildman–Crippen MR) is 132 cm³/mol. The van der Waals surface area contributed by atoms with Gasteiger partial charge in [-0.25, -0.2) is 0 Å². The predicted octanol–water partition coefficient (Wildman–Crippen LogP) is 5.21. The Morgan fingerprint density at radius 2 is 1.53 bits per heavy atom. The van der Waals surface area contributed by atoms with Crippen LogP contribution in [0.1, 0.15) is 17.5 Å². The fraction of sp³-hybridized carbons (Fsp3) is 0.231. The maximum absolute atomic E-state index is 13.4. The topological polar surface area (TPSA) is 49.4 Å². The Balaban J connectivity index is 1.80. The van der Waals surface area contributed by atoms with Gasteiger partial charge in [-0.3, -0.25) is 9.59 Å². The van der Waals surface area contributed by atoms with Crippen LogP contribution in [0.2, 0.25) is 5.02 Å². The lowest BCUT2D eigenvalue weighted by atomic mass is 10.0. The minimum atomic E-state index is -0.604. The molecule has 2 amide bonds. The van der Waals surface area contributed by atoms with Crippen molar-refractivity contribution in [3.63, 3.8) is 0 Å². The second-order valence-electron chi connectivity index (χ2n) is 7.38. The fourth-order valence-electron chi connectivity index (χ4n) is 3.42. The summed E-state index contributed by atoms with van der Waals surface area (Å²) in [5, 5.41) is 3.38. The maximum Gasteiger partial charge on any atom is 0.242 e. The number of nitrogens with zero attached hydrogens (tertiary/aromatic N) is 1. The minimum Gasteiger partial charge on any atom is -0.357 e. The summed E-state index contributed by atoms with van der Waals surface area (Å²) in [6.45, 7) is 0.344. The number of amides is 2. The van der Waals surface area contributed by atoms with Crippen LogP contribution in [-0.2, 0) is 22.6 Å². The standard InChI is InChI=1S/C26H27ClN2O2S/c1-28-26(31)24(18-20-8-4-2-5-9-20)29(19-21-12-14-22(27)15-13-21)25(30)16-17-32-23-10-6-3-7-11-23/h2-15,24H,16-19H2,1H3,(H,28,31)/t24-/m1/s1. The number of hydrogen-bond acceptors (Lipinski definition) is 3. The van der Waals surface area contributed by atoms with Gasteiger partial charge >= 0.3 is 0 Å². The molecule has 0 aromatic heterocycles. The first-order chi connectivity index (χ1) is 15.6. The highest BCUT2D eigenvalue weighted by Gasteiger charge is 2.29. The van der Waals surface area contributed by atoms with Crippen molar-refractivity contribution in [3.8, 4) is 0 Å². The molecule has 0 bridgehead atoms. The fourth-order valence-corrected chi connectivity index (χ4v) is 4.41. The summed E-state index contributed by atoms with van der Waals surface area (Å²) >= 11 is 7.67. The van der Waals surface area contributed by atoms with E-state index in [1.807, 2.05) is 72.8 Å². The SMILES string of the molecule is CNC(=O)[C@@H](Cc1ccccc1)N(Cc1ccc(Cl)cc1)C(=O)CCSc1ccccc1. The normalized spacial score (nSPS) is 11.6. The number of nitrogens with one attached hydrogen (secondary N) is 1. The summed E-state index contributed by atoms with van der Waals surface area (Å²) in [6.07, 6.45) is 0.793. The van der Waals surface area contributed by atoms with Gasteiger partial charge in [-0.1, -0.05) is 72.3 Å². The summed E-state index contributed by atoms with van der Waals surface area (Å²) < 4.78 is 0. The molecule has 0 fully saturated rings. The van der Waals surface area contributed by atoms with Gasteiger partial charge in [0.15, 0.2) is 0 Å². The second-order valence-corrected chi connectivity index (χ2v) is 8.98. The van der Waals surface area contributed by atoms with E-state index >= 15 is 0 Å². The van der Waals surface area contributed by atoms with Crippen LogP contribution in [0.4, 0.5) is 0 Å². The van der Waals surface area contributed by atoms with Crippen molar-refractivity contribution < 1.29 is 9.59 Å². The highest BCUT2D eigenvalue weighted by molar-refractivity contribution is 7.99. The first-order valence-electron chi connectivity index (χ1n) is 10.5. The van der Waals surface area contributed by atoms with E-state index in [1.54, 1.807) is 35.8 Å². The van der Waals surface area contributed by atoms with Crippen LogP contribution in [0, 0.1) is 0 Å². The Labute approximate surface area is 199 Å². The zero-order valence-corrected chi connectivity index (χ0v) is 19.6. The van der Waals surface area contributed by atoms with Gasteiger partial charge in [0.05, 0.1) is 0 Å². The first-order valence-corrected chi connectivity index (χ1v) is 11.9. The molecule has 0 aliphatic carbocycles. The largest absolute Gasteiger partial charge is 0.357 e. The molecule has 0 saturated heterocycles. The monoisotopic (exact) mass is 466 g/mol. The average molecular weight is 467 g/mol. The quantitative estimate of drug-likeness (QED) is 0.417. The average Bonchev–Trinajstić information content (AvgIpc) is 2.83. The summed E-state index contributed by atoms with van der Waals surface area (Å²) in [5.74, 6) is 0.422. The molecule has 32 heavy (non-hydrogen) atoms. The Morgan fingerprint density at radius 3 is 2.16 bits per heavy atom. The van der Waals surface area contributed by atoms with Crippen molar-refractivity contribution in [1.29, 1.82) is 0 Å². The Bertz CT molecular complexity index is 997. The lowest BCUT2D eigenvalue weighted by molar-refractivity contribution is -0.140. The van der Waals surface area contributed by atoms with Gasteiger partial charge in [-0.05, 0) is 35.4 Å². The van der Waals surface area contributed by atoms with Gasteiger partial charge in [0.25, 0.3) is 0 Å². The van der Waals surface area contributed by atoms with Gasteiger partial charge in [-0.15, -0.1) is 11.8 Å². The lowest BCUT2D eigenvalue weighted by Gasteiger charge is -2.31.